The van der Waals surface area contributed by atoms with Crippen molar-refractivity contribution < 1.29 is 27.5 Å². The molecule has 36 heavy (non-hydrogen) atoms. The summed E-state index contributed by atoms with van der Waals surface area (Å²) in [6.07, 6.45) is -3.85. The number of likely N-dealkylation sites (N-methyl/N-ethyl adjacent to an activating group) is 1. The number of rotatable bonds is 6. The monoisotopic (exact) mass is 516 g/mol. The van der Waals surface area contributed by atoms with Crippen molar-refractivity contribution in [1.29, 1.82) is 5.26 Å². The van der Waals surface area contributed by atoms with Gasteiger partial charge in [0.2, 0.25) is 0 Å². The van der Waals surface area contributed by atoms with Crippen molar-refractivity contribution in [1.82, 2.24) is 4.98 Å². The Hall–Kier alpha value is -4.04. The van der Waals surface area contributed by atoms with E-state index in [1.54, 1.807) is 18.2 Å². The predicted octanol–water partition coefficient (Wildman–Crippen LogP) is 5.69. The maximum absolute atomic E-state index is 15.0. The maximum atomic E-state index is 15.0. The van der Waals surface area contributed by atoms with Crippen LogP contribution in [-0.2, 0) is 11.0 Å². The molecule has 0 atom stereocenters. The topological polar surface area (TPSA) is 80.5 Å². The van der Waals surface area contributed by atoms with E-state index in [1.165, 1.54) is 56.1 Å². The molecule has 0 aliphatic rings. The Morgan fingerprint density at radius 1 is 1.11 bits per heavy atom. The van der Waals surface area contributed by atoms with Crippen molar-refractivity contribution in [3.05, 3.63) is 71.8 Å². The molecule has 0 fully saturated rings. The lowest BCUT2D eigenvalue weighted by atomic mass is 9.98. The van der Waals surface area contributed by atoms with Crippen molar-refractivity contribution in [3.8, 4) is 22.9 Å². The number of pyridine rings is 1. The van der Waals surface area contributed by atoms with Crippen molar-refractivity contribution >= 4 is 35.0 Å². The molecule has 6 nitrogen and oxygen atoms in total. The summed E-state index contributed by atoms with van der Waals surface area (Å²) in [5, 5.41) is 18.4. The van der Waals surface area contributed by atoms with E-state index in [1.807, 2.05) is 0 Å². The molecule has 11 heteroatoms. The van der Waals surface area contributed by atoms with Gasteiger partial charge in [-0.05, 0) is 55.8 Å². The predicted molar refractivity (Wildman–Crippen MR) is 131 cm³/mol. The van der Waals surface area contributed by atoms with Crippen LogP contribution in [0.15, 0.2) is 54.7 Å². The fourth-order valence-electron chi connectivity index (χ4n) is 3.62. The molecule has 0 radical (unpaired) electrons. The van der Waals surface area contributed by atoms with Crippen LogP contribution in [0.4, 0.5) is 28.9 Å². The van der Waals surface area contributed by atoms with Gasteiger partial charge in [-0.1, -0.05) is 24.4 Å². The van der Waals surface area contributed by atoms with E-state index in [4.69, 9.17) is 17.5 Å². The summed E-state index contributed by atoms with van der Waals surface area (Å²) < 4.78 is 55.1. The van der Waals surface area contributed by atoms with Gasteiger partial charge in [-0.2, -0.15) is 18.4 Å². The van der Waals surface area contributed by atoms with Crippen LogP contribution in [-0.4, -0.2) is 34.1 Å². The summed E-state index contributed by atoms with van der Waals surface area (Å²) in [7, 11) is 1.27. The SMILES string of the molecule is CN(C(=O)C(C)(C)N(C=S)c1ccc(-c2ccc(O)cc2)c(F)c1)c1cnc(C#N)c(C(F)(F)F)c1. The Bertz CT molecular complexity index is 1350. The number of phenols is 1. The molecule has 0 unspecified atom stereocenters. The van der Waals surface area contributed by atoms with Crippen LogP contribution in [0, 0.1) is 17.1 Å². The number of carbonyl (C=O) groups is 1. The number of amides is 1. The van der Waals surface area contributed by atoms with Gasteiger partial charge in [0.1, 0.15) is 23.2 Å². The highest BCUT2D eigenvalue weighted by Gasteiger charge is 2.39. The normalized spacial score (nSPS) is 11.5. The second kappa shape index (κ2) is 9.91. The third kappa shape index (κ3) is 5.13. The molecule has 2 aromatic carbocycles. The van der Waals surface area contributed by atoms with Crippen molar-refractivity contribution in [2.75, 3.05) is 16.8 Å². The standard InChI is InChI=1S/C25H20F4N4O2S/c1-24(2,23(35)32(3)17-10-20(25(27,28)29)22(12-30)31-13-17)33(14-36)16-6-9-19(21(26)11-16)15-4-7-18(34)8-5-15/h4-11,13-14,34H,1-3H3. The summed E-state index contributed by atoms with van der Waals surface area (Å²) in [6, 6.07) is 12.2. The number of carbonyl (C=O) groups excluding carboxylic acids is 1. The molecule has 1 heterocycles. The van der Waals surface area contributed by atoms with E-state index >= 15 is 0 Å². The number of halogens is 4. The van der Waals surface area contributed by atoms with Gasteiger partial charge in [0.25, 0.3) is 5.91 Å². The third-order valence-electron chi connectivity index (χ3n) is 5.62. The van der Waals surface area contributed by atoms with E-state index in [0.717, 1.165) is 16.6 Å². The molecule has 186 valence electrons. The highest BCUT2D eigenvalue weighted by Crippen LogP contribution is 2.35. The molecular formula is C25H20F4N4O2S. The first-order valence-electron chi connectivity index (χ1n) is 10.4. The fraction of sp³-hybridized carbons (Fsp3) is 0.200. The molecule has 0 bridgehead atoms. The number of hydrogen-bond acceptors (Lipinski definition) is 5. The Labute approximate surface area is 210 Å². The number of aromatic hydroxyl groups is 1. The molecule has 3 rings (SSSR count). The Balaban J connectivity index is 1.95. The number of nitrogens with zero attached hydrogens (tertiary/aromatic N) is 4. The van der Waals surface area contributed by atoms with E-state index in [9.17, 15) is 27.5 Å². The van der Waals surface area contributed by atoms with E-state index in [-0.39, 0.29) is 22.7 Å². The van der Waals surface area contributed by atoms with Gasteiger partial charge in [0.05, 0.1) is 22.9 Å². The second-order valence-corrected chi connectivity index (χ2v) is 8.52. The number of alkyl halides is 3. The molecule has 0 spiro atoms. The molecule has 0 saturated carbocycles. The van der Waals surface area contributed by atoms with Crippen LogP contribution in [0.5, 0.6) is 5.75 Å². The lowest BCUT2D eigenvalue weighted by Gasteiger charge is -2.38. The first kappa shape index (κ1) is 26.6. The van der Waals surface area contributed by atoms with Crippen LogP contribution in [0.25, 0.3) is 11.1 Å². The zero-order chi connectivity index (χ0) is 26.8. The van der Waals surface area contributed by atoms with Gasteiger partial charge in [-0.25, -0.2) is 9.37 Å². The summed E-state index contributed by atoms with van der Waals surface area (Å²) in [4.78, 5) is 19.2. The lowest BCUT2D eigenvalue weighted by Crippen LogP contribution is -2.55. The quantitative estimate of drug-likeness (QED) is 0.335. The second-order valence-electron chi connectivity index (χ2n) is 8.31. The van der Waals surface area contributed by atoms with Gasteiger partial charge >= 0.3 is 6.18 Å². The number of thiocarbonyl (C=S) groups is 1. The first-order valence-corrected chi connectivity index (χ1v) is 10.9. The van der Waals surface area contributed by atoms with Gasteiger partial charge in [-0.3, -0.25) is 4.79 Å². The minimum Gasteiger partial charge on any atom is -0.508 e. The Morgan fingerprint density at radius 3 is 2.28 bits per heavy atom. The van der Waals surface area contributed by atoms with Gasteiger partial charge < -0.3 is 14.9 Å². The highest BCUT2D eigenvalue weighted by molar-refractivity contribution is 7.79. The average molecular weight is 517 g/mol. The zero-order valence-electron chi connectivity index (χ0n) is 19.3. The number of nitriles is 1. The van der Waals surface area contributed by atoms with Gasteiger partial charge in [-0.15, -0.1) is 0 Å². The minimum atomic E-state index is -4.84. The molecule has 1 N–H and O–H groups in total. The maximum Gasteiger partial charge on any atom is 0.419 e. The lowest BCUT2D eigenvalue weighted by molar-refractivity contribution is -0.138. The molecule has 0 saturated heterocycles. The largest absolute Gasteiger partial charge is 0.508 e. The molecule has 1 aromatic heterocycles. The number of benzene rings is 2. The zero-order valence-corrected chi connectivity index (χ0v) is 20.2. The van der Waals surface area contributed by atoms with E-state index in [2.05, 4.69) is 4.98 Å². The first-order chi connectivity index (χ1) is 16.8. The van der Waals surface area contributed by atoms with E-state index < -0.39 is 34.7 Å². The average Bonchev–Trinajstić information content (AvgIpc) is 2.83. The van der Waals surface area contributed by atoms with Crippen molar-refractivity contribution in [3.63, 3.8) is 0 Å². The molecule has 3 aromatic rings. The number of phenolic OH excluding ortho intramolecular Hbond substituents is 1. The van der Waals surface area contributed by atoms with Gasteiger partial charge in [0.15, 0.2) is 5.69 Å². The smallest absolute Gasteiger partial charge is 0.419 e. The summed E-state index contributed by atoms with van der Waals surface area (Å²) in [6.45, 7) is 2.98. The molecule has 0 aliphatic heterocycles. The number of aromatic nitrogens is 1. The molecule has 1 amide bonds. The fourth-order valence-corrected chi connectivity index (χ4v) is 4.00. The van der Waals surface area contributed by atoms with Crippen LogP contribution >= 0.6 is 12.2 Å². The van der Waals surface area contributed by atoms with Crippen LogP contribution in [0.2, 0.25) is 0 Å². The number of hydrogen-bond donors (Lipinski definition) is 1. The Morgan fingerprint density at radius 2 is 1.75 bits per heavy atom. The highest BCUT2D eigenvalue weighted by atomic mass is 32.1. The molecular weight excluding hydrogens is 496 g/mol. The van der Waals surface area contributed by atoms with E-state index in [0.29, 0.717) is 11.6 Å². The van der Waals surface area contributed by atoms with Crippen molar-refractivity contribution in [2.24, 2.45) is 0 Å². The Kier molecular flexibility index (Phi) is 7.31. The minimum absolute atomic E-state index is 0.0341. The summed E-state index contributed by atoms with van der Waals surface area (Å²) >= 11 is 5.10. The third-order valence-corrected chi connectivity index (χ3v) is 5.83. The summed E-state index contributed by atoms with van der Waals surface area (Å²) in [5.41, 5.74) is -1.53. The van der Waals surface area contributed by atoms with Crippen LogP contribution < -0.4 is 9.80 Å². The van der Waals surface area contributed by atoms with Crippen molar-refractivity contribution in [2.45, 2.75) is 25.6 Å². The van der Waals surface area contributed by atoms with Crippen LogP contribution in [0.3, 0.4) is 0 Å². The molecule has 0 aliphatic carbocycles. The van der Waals surface area contributed by atoms with Gasteiger partial charge in [0, 0.05) is 18.3 Å². The summed E-state index contributed by atoms with van der Waals surface area (Å²) in [5.74, 6) is -1.24. The van der Waals surface area contributed by atoms with Crippen LogP contribution in [0.1, 0.15) is 25.1 Å². The number of anilines is 2.